The van der Waals surface area contributed by atoms with Crippen LogP contribution in [0.5, 0.6) is 0 Å². The Kier molecular flexibility index (Phi) is 6.48. The SMILES string of the molecule is CC(C)NC(C)C(N)(NC(C)C)NC(C)C. The zero-order valence-corrected chi connectivity index (χ0v) is 11.9. The Balaban J connectivity index is 4.62. The molecule has 0 aromatic carbocycles. The van der Waals surface area contributed by atoms with Gasteiger partial charge in [0, 0.05) is 24.2 Å². The highest BCUT2D eigenvalue weighted by Crippen LogP contribution is 2.04. The van der Waals surface area contributed by atoms with Crippen molar-refractivity contribution in [3.05, 3.63) is 0 Å². The van der Waals surface area contributed by atoms with Gasteiger partial charge in [-0.3, -0.25) is 16.4 Å². The minimum Gasteiger partial charge on any atom is -0.308 e. The Morgan fingerprint density at radius 1 is 0.750 bits per heavy atom. The maximum absolute atomic E-state index is 6.41. The summed E-state index contributed by atoms with van der Waals surface area (Å²) in [4.78, 5) is 0. The fourth-order valence-electron chi connectivity index (χ4n) is 1.88. The molecule has 0 aromatic heterocycles. The van der Waals surface area contributed by atoms with Gasteiger partial charge in [0.05, 0.1) is 0 Å². The van der Waals surface area contributed by atoms with Crippen molar-refractivity contribution in [2.24, 2.45) is 5.73 Å². The molecule has 0 aliphatic carbocycles. The van der Waals surface area contributed by atoms with E-state index in [0.717, 1.165) is 0 Å². The summed E-state index contributed by atoms with van der Waals surface area (Å²) < 4.78 is 0. The average molecular weight is 230 g/mol. The van der Waals surface area contributed by atoms with Crippen molar-refractivity contribution in [3.63, 3.8) is 0 Å². The molecule has 4 nitrogen and oxygen atoms in total. The van der Waals surface area contributed by atoms with Crippen LogP contribution in [0.25, 0.3) is 0 Å². The van der Waals surface area contributed by atoms with E-state index in [1.807, 2.05) is 0 Å². The van der Waals surface area contributed by atoms with E-state index in [4.69, 9.17) is 5.73 Å². The van der Waals surface area contributed by atoms with Gasteiger partial charge >= 0.3 is 0 Å². The zero-order valence-electron chi connectivity index (χ0n) is 11.9. The molecule has 0 aromatic rings. The molecule has 0 aliphatic rings. The van der Waals surface area contributed by atoms with Gasteiger partial charge in [0.25, 0.3) is 0 Å². The van der Waals surface area contributed by atoms with Gasteiger partial charge in [-0.25, -0.2) is 0 Å². The molecule has 5 N–H and O–H groups in total. The van der Waals surface area contributed by atoms with E-state index in [9.17, 15) is 0 Å². The number of nitrogens with two attached hydrogens (primary N) is 1. The maximum Gasteiger partial charge on any atom is 0.136 e. The van der Waals surface area contributed by atoms with Crippen LogP contribution in [-0.4, -0.2) is 30.0 Å². The highest BCUT2D eigenvalue weighted by molar-refractivity contribution is 4.92. The molecular weight excluding hydrogens is 200 g/mol. The number of rotatable bonds is 7. The summed E-state index contributed by atoms with van der Waals surface area (Å²) in [7, 11) is 0. The fourth-order valence-corrected chi connectivity index (χ4v) is 1.88. The molecule has 1 unspecified atom stereocenters. The van der Waals surface area contributed by atoms with E-state index >= 15 is 0 Å². The molecule has 0 saturated carbocycles. The highest BCUT2D eigenvalue weighted by Gasteiger charge is 2.32. The molecule has 0 bridgehead atoms. The van der Waals surface area contributed by atoms with E-state index in [1.165, 1.54) is 0 Å². The van der Waals surface area contributed by atoms with E-state index in [1.54, 1.807) is 0 Å². The van der Waals surface area contributed by atoms with E-state index < -0.39 is 5.79 Å². The lowest BCUT2D eigenvalue weighted by molar-refractivity contribution is 0.163. The van der Waals surface area contributed by atoms with Gasteiger partial charge in [-0.1, -0.05) is 13.8 Å². The van der Waals surface area contributed by atoms with Crippen LogP contribution in [-0.2, 0) is 0 Å². The largest absolute Gasteiger partial charge is 0.308 e. The summed E-state index contributed by atoms with van der Waals surface area (Å²) in [5.74, 6) is -0.577. The maximum atomic E-state index is 6.41. The van der Waals surface area contributed by atoms with Crippen molar-refractivity contribution in [1.82, 2.24) is 16.0 Å². The van der Waals surface area contributed by atoms with Crippen molar-refractivity contribution >= 4 is 0 Å². The van der Waals surface area contributed by atoms with Gasteiger partial charge in [0.2, 0.25) is 0 Å². The Morgan fingerprint density at radius 3 is 1.38 bits per heavy atom. The van der Waals surface area contributed by atoms with Gasteiger partial charge in [0.15, 0.2) is 0 Å². The van der Waals surface area contributed by atoms with Crippen LogP contribution in [0, 0.1) is 0 Å². The van der Waals surface area contributed by atoms with Gasteiger partial charge < -0.3 is 5.32 Å². The molecule has 16 heavy (non-hydrogen) atoms. The van der Waals surface area contributed by atoms with Gasteiger partial charge in [-0.05, 0) is 34.6 Å². The van der Waals surface area contributed by atoms with Crippen molar-refractivity contribution in [1.29, 1.82) is 0 Å². The normalized spacial score (nSPS) is 15.2. The Morgan fingerprint density at radius 2 is 1.12 bits per heavy atom. The molecule has 98 valence electrons. The number of nitrogens with one attached hydrogen (secondary N) is 3. The first-order chi connectivity index (χ1) is 7.17. The molecule has 0 radical (unpaired) electrons. The number of hydrogen-bond donors (Lipinski definition) is 4. The molecule has 1 atom stereocenters. The summed E-state index contributed by atoms with van der Waals surface area (Å²) in [6.07, 6.45) is 0. The van der Waals surface area contributed by atoms with Crippen molar-refractivity contribution in [2.75, 3.05) is 0 Å². The van der Waals surface area contributed by atoms with Gasteiger partial charge in [-0.15, -0.1) is 0 Å². The summed E-state index contributed by atoms with van der Waals surface area (Å²) in [5, 5.41) is 10.2. The second-order valence-corrected chi connectivity index (χ2v) is 5.51. The average Bonchev–Trinajstić information content (AvgIpc) is 1.98. The second-order valence-electron chi connectivity index (χ2n) is 5.51. The third kappa shape index (κ3) is 5.80. The Labute approximate surface area is 101 Å². The molecule has 0 rings (SSSR count). The summed E-state index contributed by atoms with van der Waals surface area (Å²) in [6, 6.07) is 1.25. The predicted molar refractivity (Wildman–Crippen MR) is 71.2 cm³/mol. The molecule has 0 saturated heterocycles. The lowest BCUT2D eigenvalue weighted by Crippen LogP contribution is -2.75. The van der Waals surface area contributed by atoms with Crippen LogP contribution in [0.3, 0.4) is 0 Å². The minimum absolute atomic E-state index is 0.150. The van der Waals surface area contributed by atoms with Crippen LogP contribution in [0.1, 0.15) is 48.5 Å². The predicted octanol–water partition coefficient (Wildman–Crippen LogP) is 0.981. The van der Waals surface area contributed by atoms with E-state index in [2.05, 4.69) is 64.4 Å². The van der Waals surface area contributed by atoms with Crippen molar-refractivity contribution < 1.29 is 0 Å². The smallest absolute Gasteiger partial charge is 0.136 e. The van der Waals surface area contributed by atoms with E-state index in [0.29, 0.717) is 18.1 Å². The Hall–Kier alpha value is -0.160. The summed E-state index contributed by atoms with van der Waals surface area (Å²) in [5.41, 5.74) is 6.41. The quantitative estimate of drug-likeness (QED) is 0.492. The lowest BCUT2D eigenvalue weighted by Gasteiger charge is -2.41. The first-order valence-electron chi connectivity index (χ1n) is 6.27. The molecule has 0 spiro atoms. The highest BCUT2D eigenvalue weighted by atomic mass is 15.3. The third-order valence-corrected chi connectivity index (χ3v) is 2.32. The van der Waals surface area contributed by atoms with Crippen LogP contribution in [0.2, 0.25) is 0 Å². The van der Waals surface area contributed by atoms with Gasteiger partial charge in [0.1, 0.15) is 5.79 Å². The molecule has 0 amide bonds. The minimum atomic E-state index is -0.577. The topological polar surface area (TPSA) is 62.1 Å². The zero-order chi connectivity index (χ0) is 12.9. The standard InChI is InChI=1S/C12H30N4/c1-8(2)14-11(7)12(13,15-9(3)4)16-10(5)6/h8-11,14-16H,13H2,1-7H3. The van der Waals surface area contributed by atoms with Crippen molar-refractivity contribution in [3.8, 4) is 0 Å². The molecular formula is C12H30N4. The van der Waals surface area contributed by atoms with Crippen LogP contribution < -0.4 is 21.7 Å². The van der Waals surface area contributed by atoms with Crippen LogP contribution >= 0.6 is 0 Å². The first-order valence-corrected chi connectivity index (χ1v) is 6.27. The van der Waals surface area contributed by atoms with Crippen molar-refractivity contribution in [2.45, 2.75) is 78.4 Å². The van der Waals surface area contributed by atoms with Crippen LogP contribution in [0.15, 0.2) is 0 Å². The summed E-state index contributed by atoms with van der Waals surface area (Å²) >= 11 is 0. The van der Waals surface area contributed by atoms with E-state index in [-0.39, 0.29) is 6.04 Å². The fraction of sp³-hybridized carbons (Fsp3) is 1.00. The molecule has 0 heterocycles. The summed E-state index contributed by atoms with van der Waals surface area (Å²) in [6.45, 7) is 14.8. The lowest BCUT2D eigenvalue weighted by atomic mass is 10.1. The number of hydrogen-bond acceptors (Lipinski definition) is 4. The third-order valence-electron chi connectivity index (χ3n) is 2.32. The first kappa shape index (κ1) is 15.8. The monoisotopic (exact) mass is 230 g/mol. The van der Waals surface area contributed by atoms with Crippen LogP contribution in [0.4, 0.5) is 0 Å². The second kappa shape index (κ2) is 6.55. The Bertz CT molecular complexity index is 179. The molecule has 0 fully saturated rings. The molecule has 4 heteroatoms. The van der Waals surface area contributed by atoms with Gasteiger partial charge in [-0.2, -0.15) is 0 Å². The molecule has 0 aliphatic heterocycles.